The molecule has 0 spiro atoms. The van der Waals surface area contributed by atoms with E-state index in [-0.39, 0.29) is 33.6 Å². The Labute approximate surface area is 190 Å². The summed E-state index contributed by atoms with van der Waals surface area (Å²) in [6.07, 6.45) is 6.09. The van der Waals surface area contributed by atoms with Crippen LogP contribution in [-0.2, 0) is 0 Å². The van der Waals surface area contributed by atoms with Crippen molar-refractivity contribution in [2.45, 2.75) is 52.0 Å². The lowest BCUT2D eigenvalue weighted by Gasteiger charge is -2.39. The van der Waals surface area contributed by atoms with Crippen LogP contribution in [0.25, 0.3) is 10.6 Å². The van der Waals surface area contributed by atoms with Crippen LogP contribution in [0.15, 0.2) is 36.0 Å². The average Bonchev–Trinajstić information content (AvgIpc) is 3.20. The molecular formula is C24H26F2N4OS. The van der Waals surface area contributed by atoms with E-state index in [0.29, 0.717) is 11.3 Å². The van der Waals surface area contributed by atoms with Gasteiger partial charge in [-0.2, -0.15) is 0 Å². The third-order valence-electron chi connectivity index (χ3n) is 5.98. The summed E-state index contributed by atoms with van der Waals surface area (Å²) in [6, 6.07) is 4.59. The number of benzene rings is 1. The van der Waals surface area contributed by atoms with Gasteiger partial charge >= 0.3 is 0 Å². The monoisotopic (exact) mass is 456 g/mol. The first-order chi connectivity index (χ1) is 15.1. The van der Waals surface area contributed by atoms with Crippen molar-refractivity contribution < 1.29 is 13.6 Å². The van der Waals surface area contributed by atoms with E-state index >= 15 is 0 Å². The third kappa shape index (κ3) is 4.56. The molecule has 1 aromatic carbocycles. The number of anilines is 1. The molecule has 0 bridgehead atoms. The molecule has 3 N–H and O–H groups in total. The molecule has 0 unspecified atom stereocenters. The zero-order valence-corrected chi connectivity index (χ0v) is 19.1. The second-order valence-corrected chi connectivity index (χ2v) is 10.1. The van der Waals surface area contributed by atoms with Crippen LogP contribution in [0.5, 0.6) is 0 Å². The van der Waals surface area contributed by atoms with E-state index in [1.807, 2.05) is 6.07 Å². The lowest BCUT2D eigenvalue weighted by Crippen LogP contribution is -2.36. The highest BCUT2D eigenvalue weighted by atomic mass is 32.1. The fourth-order valence-corrected chi connectivity index (χ4v) is 5.47. The van der Waals surface area contributed by atoms with Crippen molar-refractivity contribution in [2.24, 2.45) is 11.1 Å². The Morgan fingerprint density at radius 3 is 2.78 bits per heavy atom. The van der Waals surface area contributed by atoms with E-state index < -0.39 is 17.5 Å². The summed E-state index contributed by atoms with van der Waals surface area (Å²) in [5.41, 5.74) is 8.21. The minimum Gasteiger partial charge on any atom is -0.328 e. The number of carbonyl (C=O) groups is 1. The third-order valence-corrected chi connectivity index (χ3v) is 6.84. The highest BCUT2D eigenvalue weighted by Crippen LogP contribution is 2.44. The van der Waals surface area contributed by atoms with Gasteiger partial charge < -0.3 is 11.1 Å². The summed E-state index contributed by atoms with van der Waals surface area (Å²) >= 11 is 1.03. The van der Waals surface area contributed by atoms with Crippen molar-refractivity contribution in [3.05, 3.63) is 64.4 Å². The molecule has 1 saturated carbocycles. The molecule has 8 heteroatoms. The number of nitrogens with zero attached hydrogens (tertiary/aromatic N) is 2. The van der Waals surface area contributed by atoms with Gasteiger partial charge in [0.2, 0.25) is 0 Å². The predicted octanol–water partition coefficient (Wildman–Crippen LogP) is 5.67. The molecule has 2 aromatic heterocycles. The molecule has 168 valence electrons. The second-order valence-electron chi connectivity index (χ2n) is 9.27. The van der Waals surface area contributed by atoms with Crippen molar-refractivity contribution in [1.29, 1.82) is 0 Å². The smallest absolute Gasteiger partial charge is 0.275 e. The molecule has 1 fully saturated rings. The Balaban J connectivity index is 1.59. The van der Waals surface area contributed by atoms with E-state index in [2.05, 4.69) is 29.1 Å². The van der Waals surface area contributed by atoms with Gasteiger partial charge in [0.25, 0.3) is 5.91 Å². The van der Waals surface area contributed by atoms with E-state index in [4.69, 9.17) is 5.73 Å². The van der Waals surface area contributed by atoms with Crippen molar-refractivity contribution in [3.63, 3.8) is 0 Å². The number of thiazole rings is 1. The van der Waals surface area contributed by atoms with Gasteiger partial charge in [-0.1, -0.05) is 19.9 Å². The van der Waals surface area contributed by atoms with Gasteiger partial charge in [-0.25, -0.2) is 13.8 Å². The summed E-state index contributed by atoms with van der Waals surface area (Å²) < 4.78 is 28.7. The standard InChI is InChI=1S/C24H26F2N4OS/c1-13-4-5-17(25)20(21(13)26)23-30-19(12-32-23)22(31)29-18-11-28-7-6-16(18)14-8-15(27)10-24(2,3)9-14/h4-7,11-12,14-15H,8-10,27H2,1-3H3,(H,29,31)/t14-,15+/m0/s1. The van der Waals surface area contributed by atoms with E-state index in [9.17, 15) is 13.6 Å². The Bertz CT molecular complexity index is 1160. The quantitative estimate of drug-likeness (QED) is 0.530. The number of pyridine rings is 1. The fraction of sp³-hybridized carbons (Fsp3) is 0.375. The van der Waals surface area contributed by atoms with Crippen molar-refractivity contribution in [1.82, 2.24) is 9.97 Å². The maximum Gasteiger partial charge on any atom is 0.275 e. The first-order valence-corrected chi connectivity index (χ1v) is 11.4. The number of carbonyl (C=O) groups excluding carboxylic acids is 1. The van der Waals surface area contributed by atoms with Crippen molar-refractivity contribution in [3.8, 4) is 10.6 Å². The van der Waals surface area contributed by atoms with Crippen molar-refractivity contribution in [2.75, 3.05) is 5.32 Å². The van der Waals surface area contributed by atoms with E-state index in [1.165, 1.54) is 17.5 Å². The minimum absolute atomic E-state index is 0.0979. The van der Waals surface area contributed by atoms with Crippen LogP contribution in [-0.4, -0.2) is 21.9 Å². The predicted molar refractivity (Wildman–Crippen MR) is 123 cm³/mol. The van der Waals surface area contributed by atoms with Crippen molar-refractivity contribution >= 4 is 22.9 Å². The molecule has 5 nitrogen and oxygen atoms in total. The molecule has 2 atom stereocenters. The Morgan fingerprint density at radius 1 is 1.25 bits per heavy atom. The zero-order valence-electron chi connectivity index (χ0n) is 18.3. The highest BCUT2D eigenvalue weighted by molar-refractivity contribution is 7.13. The van der Waals surface area contributed by atoms with Crippen LogP contribution in [0.1, 0.15) is 60.6 Å². The summed E-state index contributed by atoms with van der Waals surface area (Å²) in [6.45, 7) is 5.97. The van der Waals surface area contributed by atoms with Gasteiger partial charge in [0, 0.05) is 17.6 Å². The average molecular weight is 457 g/mol. The van der Waals surface area contributed by atoms with Gasteiger partial charge in [-0.05, 0) is 60.8 Å². The normalized spacial score (nSPS) is 20.2. The molecule has 0 aliphatic heterocycles. The van der Waals surface area contributed by atoms with Crippen LogP contribution in [0.3, 0.4) is 0 Å². The molecule has 1 aliphatic rings. The van der Waals surface area contributed by atoms with Gasteiger partial charge in [-0.15, -0.1) is 11.3 Å². The van der Waals surface area contributed by atoms with Gasteiger partial charge in [0.05, 0.1) is 17.4 Å². The maximum atomic E-state index is 14.5. The largest absolute Gasteiger partial charge is 0.328 e. The van der Waals surface area contributed by atoms with Crippen LogP contribution >= 0.6 is 11.3 Å². The fourth-order valence-electron chi connectivity index (χ4n) is 4.63. The molecule has 1 aliphatic carbocycles. The summed E-state index contributed by atoms with van der Waals surface area (Å²) in [4.78, 5) is 21.3. The summed E-state index contributed by atoms with van der Waals surface area (Å²) in [5.74, 6) is -1.62. The summed E-state index contributed by atoms with van der Waals surface area (Å²) in [7, 11) is 0. The number of nitrogens with two attached hydrogens (primary N) is 1. The van der Waals surface area contributed by atoms with Gasteiger partial charge in [0.15, 0.2) is 0 Å². The molecule has 3 aromatic rings. The number of aryl methyl sites for hydroxylation is 1. The number of rotatable bonds is 4. The number of hydrogen-bond acceptors (Lipinski definition) is 5. The SMILES string of the molecule is Cc1ccc(F)c(-c2nc(C(=O)Nc3cnccc3[C@H]3C[C@@H](N)CC(C)(C)C3)cs2)c1F. The number of hydrogen-bond donors (Lipinski definition) is 2. The number of nitrogens with one attached hydrogen (secondary N) is 1. The Morgan fingerprint density at radius 2 is 2.03 bits per heavy atom. The molecular weight excluding hydrogens is 430 g/mol. The zero-order chi connectivity index (χ0) is 23.0. The highest BCUT2D eigenvalue weighted by Gasteiger charge is 2.34. The first kappa shape index (κ1) is 22.5. The molecule has 0 radical (unpaired) electrons. The van der Waals surface area contributed by atoms with Gasteiger partial charge in [0.1, 0.15) is 22.3 Å². The lowest BCUT2D eigenvalue weighted by molar-refractivity contribution is 0.102. The van der Waals surface area contributed by atoms with Crippen LogP contribution in [0.4, 0.5) is 14.5 Å². The summed E-state index contributed by atoms with van der Waals surface area (Å²) in [5, 5.41) is 4.51. The second kappa shape index (κ2) is 8.67. The minimum atomic E-state index is -0.708. The molecule has 2 heterocycles. The molecule has 1 amide bonds. The Kier molecular flexibility index (Phi) is 6.09. The Hall–Kier alpha value is -2.71. The molecule has 0 saturated heterocycles. The number of halogens is 2. The maximum absolute atomic E-state index is 14.5. The first-order valence-electron chi connectivity index (χ1n) is 10.6. The molecule has 4 rings (SSSR count). The van der Waals surface area contributed by atoms with Crippen LogP contribution in [0, 0.1) is 24.0 Å². The lowest BCUT2D eigenvalue weighted by atomic mass is 9.68. The molecule has 32 heavy (non-hydrogen) atoms. The van der Waals surface area contributed by atoms with Crippen LogP contribution < -0.4 is 11.1 Å². The topological polar surface area (TPSA) is 80.9 Å². The van der Waals surface area contributed by atoms with E-state index in [1.54, 1.807) is 19.3 Å². The van der Waals surface area contributed by atoms with E-state index in [0.717, 1.165) is 36.2 Å². The number of aromatic nitrogens is 2. The van der Waals surface area contributed by atoms with Gasteiger partial charge in [-0.3, -0.25) is 9.78 Å². The number of amides is 1. The van der Waals surface area contributed by atoms with Crippen LogP contribution in [0.2, 0.25) is 0 Å².